The standard InChI is InChI=1S/C23H27N5O3/c1-2-3-16-31-19-9-7-17(8-10-19)22-26-23(30)20(27-28-22)11-12-21(29)25-15-13-18-6-4-5-14-24-18/h4-10,14H,2-3,11-13,15-16H2,1H3,(H,25,29)(H,26,28,30). The summed E-state index contributed by atoms with van der Waals surface area (Å²) in [6.45, 7) is 3.29. The number of nitrogens with one attached hydrogen (secondary N) is 2. The summed E-state index contributed by atoms with van der Waals surface area (Å²) in [5.74, 6) is 1.02. The number of rotatable bonds is 11. The van der Waals surface area contributed by atoms with E-state index < -0.39 is 0 Å². The number of ether oxygens (including phenoxy) is 1. The summed E-state index contributed by atoms with van der Waals surface area (Å²) in [4.78, 5) is 31.3. The van der Waals surface area contributed by atoms with Crippen LogP contribution in [0, 0.1) is 0 Å². The molecule has 2 aromatic heterocycles. The van der Waals surface area contributed by atoms with E-state index in [9.17, 15) is 9.59 Å². The number of unbranched alkanes of at least 4 members (excludes halogenated alkanes) is 1. The highest BCUT2D eigenvalue weighted by atomic mass is 16.5. The molecule has 0 radical (unpaired) electrons. The Labute approximate surface area is 181 Å². The normalized spacial score (nSPS) is 10.6. The van der Waals surface area contributed by atoms with Gasteiger partial charge >= 0.3 is 0 Å². The van der Waals surface area contributed by atoms with E-state index in [2.05, 4.69) is 32.4 Å². The van der Waals surface area contributed by atoms with Crippen molar-refractivity contribution >= 4 is 5.91 Å². The van der Waals surface area contributed by atoms with Crippen molar-refractivity contribution in [3.63, 3.8) is 0 Å². The predicted octanol–water partition coefficient (Wildman–Crippen LogP) is 2.70. The number of pyridine rings is 1. The van der Waals surface area contributed by atoms with E-state index in [-0.39, 0.29) is 30.0 Å². The van der Waals surface area contributed by atoms with Crippen LogP contribution >= 0.6 is 0 Å². The first kappa shape index (κ1) is 22.1. The van der Waals surface area contributed by atoms with Crippen LogP contribution < -0.4 is 15.6 Å². The quantitative estimate of drug-likeness (QED) is 0.461. The van der Waals surface area contributed by atoms with Gasteiger partial charge < -0.3 is 15.0 Å². The predicted molar refractivity (Wildman–Crippen MR) is 118 cm³/mol. The minimum absolute atomic E-state index is 0.139. The molecule has 0 saturated heterocycles. The monoisotopic (exact) mass is 421 g/mol. The number of aryl methyl sites for hydroxylation is 1. The smallest absolute Gasteiger partial charge is 0.273 e. The molecular formula is C23H27N5O3. The third kappa shape index (κ3) is 7.02. The van der Waals surface area contributed by atoms with Gasteiger partial charge in [-0.25, -0.2) is 0 Å². The number of nitrogens with zero attached hydrogens (tertiary/aromatic N) is 3. The van der Waals surface area contributed by atoms with Gasteiger partial charge in [0.25, 0.3) is 5.56 Å². The number of benzene rings is 1. The van der Waals surface area contributed by atoms with Gasteiger partial charge in [0.15, 0.2) is 5.82 Å². The number of hydrogen-bond acceptors (Lipinski definition) is 6. The van der Waals surface area contributed by atoms with Crippen molar-refractivity contribution in [2.45, 2.75) is 39.0 Å². The second-order valence-electron chi connectivity index (χ2n) is 7.10. The third-order valence-electron chi connectivity index (χ3n) is 4.68. The van der Waals surface area contributed by atoms with Crippen molar-refractivity contribution in [1.82, 2.24) is 25.5 Å². The van der Waals surface area contributed by atoms with E-state index in [1.807, 2.05) is 42.5 Å². The maximum absolute atomic E-state index is 12.3. The molecule has 3 rings (SSSR count). The third-order valence-corrected chi connectivity index (χ3v) is 4.68. The van der Waals surface area contributed by atoms with E-state index in [0.717, 1.165) is 29.8 Å². The van der Waals surface area contributed by atoms with Crippen LogP contribution in [0.1, 0.15) is 37.6 Å². The number of carbonyl (C=O) groups is 1. The van der Waals surface area contributed by atoms with E-state index in [1.54, 1.807) is 6.20 Å². The van der Waals surface area contributed by atoms with Crippen molar-refractivity contribution in [2.75, 3.05) is 13.2 Å². The number of amides is 1. The SMILES string of the molecule is CCCCOc1ccc(-c2nnc(CCC(=O)NCCc3ccccn3)c(=O)[nH]2)cc1. The first-order valence-electron chi connectivity index (χ1n) is 10.5. The van der Waals surface area contributed by atoms with Crippen LogP contribution in [0.25, 0.3) is 11.4 Å². The molecular weight excluding hydrogens is 394 g/mol. The highest BCUT2D eigenvalue weighted by Crippen LogP contribution is 2.18. The molecule has 31 heavy (non-hydrogen) atoms. The molecule has 8 heteroatoms. The highest BCUT2D eigenvalue weighted by molar-refractivity contribution is 5.76. The summed E-state index contributed by atoms with van der Waals surface area (Å²) in [5, 5.41) is 11.0. The summed E-state index contributed by atoms with van der Waals surface area (Å²) in [5.41, 5.74) is 1.56. The van der Waals surface area contributed by atoms with Gasteiger partial charge in [0, 0.05) is 43.3 Å². The zero-order valence-electron chi connectivity index (χ0n) is 17.6. The molecule has 0 aliphatic rings. The van der Waals surface area contributed by atoms with Crippen molar-refractivity contribution < 1.29 is 9.53 Å². The molecule has 1 aromatic carbocycles. The molecule has 0 unspecified atom stereocenters. The minimum Gasteiger partial charge on any atom is -0.494 e. The van der Waals surface area contributed by atoms with Gasteiger partial charge in [0.05, 0.1) is 6.61 Å². The minimum atomic E-state index is -0.338. The Morgan fingerprint density at radius 3 is 2.65 bits per heavy atom. The van der Waals surface area contributed by atoms with Crippen LogP contribution in [0.5, 0.6) is 5.75 Å². The van der Waals surface area contributed by atoms with Crippen LogP contribution in [0.15, 0.2) is 53.5 Å². The molecule has 1 amide bonds. The zero-order chi connectivity index (χ0) is 21.9. The Morgan fingerprint density at radius 1 is 1.10 bits per heavy atom. The van der Waals surface area contributed by atoms with E-state index in [0.29, 0.717) is 25.4 Å². The molecule has 2 N–H and O–H groups in total. The lowest BCUT2D eigenvalue weighted by atomic mass is 10.2. The molecule has 0 bridgehead atoms. The van der Waals surface area contributed by atoms with Crippen LogP contribution in [-0.2, 0) is 17.6 Å². The number of aromatic amines is 1. The maximum Gasteiger partial charge on any atom is 0.273 e. The van der Waals surface area contributed by atoms with Crippen LogP contribution in [0.2, 0.25) is 0 Å². The fourth-order valence-electron chi connectivity index (χ4n) is 2.89. The first-order valence-corrected chi connectivity index (χ1v) is 10.5. The van der Waals surface area contributed by atoms with E-state index in [1.165, 1.54) is 0 Å². The Bertz CT molecular complexity index is 1020. The molecule has 3 aromatic rings. The molecule has 0 aliphatic heterocycles. The fourth-order valence-corrected chi connectivity index (χ4v) is 2.89. The van der Waals surface area contributed by atoms with Crippen LogP contribution in [0.3, 0.4) is 0 Å². The van der Waals surface area contributed by atoms with Gasteiger partial charge in [-0.3, -0.25) is 14.6 Å². The maximum atomic E-state index is 12.3. The molecule has 0 atom stereocenters. The molecule has 0 fully saturated rings. The van der Waals surface area contributed by atoms with Crippen LogP contribution in [-0.4, -0.2) is 39.2 Å². The molecule has 0 spiro atoms. The Kier molecular flexibility index (Phi) is 8.28. The Hall–Kier alpha value is -3.55. The van der Waals surface area contributed by atoms with Crippen molar-refractivity contribution in [2.24, 2.45) is 0 Å². The van der Waals surface area contributed by atoms with Gasteiger partial charge in [0.2, 0.25) is 5.91 Å². The van der Waals surface area contributed by atoms with E-state index >= 15 is 0 Å². The van der Waals surface area contributed by atoms with Gasteiger partial charge in [-0.1, -0.05) is 19.4 Å². The van der Waals surface area contributed by atoms with Gasteiger partial charge in [-0.2, -0.15) is 0 Å². The molecule has 8 nitrogen and oxygen atoms in total. The zero-order valence-corrected chi connectivity index (χ0v) is 17.6. The largest absolute Gasteiger partial charge is 0.494 e. The lowest BCUT2D eigenvalue weighted by Crippen LogP contribution is -2.27. The number of hydrogen-bond donors (Lipinski definition) is 2. The topological polar surface area (TPSA) is 110 Å². The average molecular weight is 422 g/mol. The molecule has 0 aliphatic carbocycles. The summed E-state index contributed by atoms with van der Waals surface area (Å²) in [6.07, 6.45) is 4.86. The van der Waals surface area contributed by atoms with Gasteiger partial charge in [-0.05, 0) is 42.8 Å². The summed E-state index contributed by atoms with van der Waals surface area (Å²) in [7, 11) is 0. The Morgan fingerprint density at radius 2 is 1.94 bits per heavy atom. The van der Waals surface area contributed by atoms with E-state index in [4.69, 9.17) is 4.74 Å². The summed E-state index contributed by atoms with van der Waals surface area (Å²) in [6, 6.07) is 13.0. The average Bonchev–Trinajstić information content (AvgIpc) is 2.79. The second-order valence-corrected chi connectivity index (χ2v) is 7.10. The second kappa shape index (κ2) is 11.6. The lowest BCUT2D eigenvalue weighted by Gasteiger charge is -2.07. The Balaban J connectivity index is 1.48. The molecule has 162 valence electrons. The highest BCUT2D eigenvalue weighted by Gasteiger charge is 2.10. The van der Waals surface area contributed by atoms with Gasteiger partial charge in [0.1, 0.15) is 11.4 Å². The van der Waals surface area contributed by atoms with Gasteiger partial charge in [-0.15, -0.1) is 10.2 Å². The molecule has 2 heterocycles. The lowest BCUT2D eigenvalue weighted by molar-refractivity contribution is -0.121. The van der Waals surface area contributed by atoms with Crippen molar-refractivity contribution in [3.8, 4) is 17.1 Å². The summed E-state index contributed by atoms with van der Waals surface area (Å²) >= 11 is 0. The number of carbonyl (C=O) groups excluding carboxylic acids is 1. The van der Waals surface area contributed by atoms with Crippen molar-refractivity contribution in [1.29, 1.82) is 0 Å². The fraction of sp³-hybridized carbons (Fsp3) is 0.348. The first-order chi connectivity index (χ1) is 15.2. The van der Waals surface area contributed by atoms with Crippen LogP contribution in [0.4, 0.5) is 0 Å². The number of H-pyrrole nitrogens is 1. The molecule has 0 saturated carbocycles. The summed E-state index contributed by atoms with van der Waals surface area (Å²) < 4.78 is 5.64. The van der Waals surface area contributed by atoms with Crippen molar-refractivity contribution in [3.05, 3.63) is 70.4 Å². The number of aromatic nitrogens is 4.